The van der Waals surface area contributed by atoms with Gasteiger partial charge in [-0.25, -0.2) is 0 Å². The first-order valence-electron chi connectivity index (χ1n) is 9.48. The number of hydrogen-bond donors (Lipinski definition) is 0. The fraction of sp³-hybridized carbons (Fsp3) is 0.800. The number of hydrogen-bond acceptors (Lipinski definition) is 7. The highest BCUT2D eigenvalue weighted by molar-refractivity contribution is 5.80. The molecular weight excluding hydrogens is 352 g/mol. The van der Waals surface area contributed by atoms with E-state index in [2.05, 4.69) is 0 Å². The first-order valence-corrected chi connectivity index (χ1v) is 9.48. The Kier molecular flexibility index (Phi) is 12.5. The molecule has 0 radical (unpaired) electrons. The third-order valence-corrected chi connectivity index (χ3v) is 4.55. The highest BCUT2D eigenvalue weighted by atomic mass is 16.6. The van der Waals surface area contributed by atoms with Crippen molar-refractivity contribution in [1.29, 1.82) is 0 Å². The average Bonchev–Trinajstić information content (AvgIpc) is 2.59. The van der Waals surface area contributed by atoms with Gasteiger partial charge in [0.2, 0.25) is 0 Å². The molecule has 0 aliphatic rings. The normalized spacial score (nSPS) is 15.3. The molecule has 156 valence electrons. The quantitative estimate of drug-likeness (QED) is 0.334. The number of rotatable bonds is 14. The van der Waals surface area contributed by atoms with Crippen molar-refractivity contribution in [3.05, 3.63) is 0 Å². The van der Waals surface area contributed by atoms with Gasteiger partial charge in [0, 0.05) is 11.8 Å². The third-order valence-electron chi connectivity index (χ3n) is 4.55. The van der Waals surface area contributed by atoms with E-state index >= 15 is 0 Å². The topological polar surface area (TPSA) is 96.0 Å². The van der Waals surface area contributed by atoms with Crippen LogP contribution in [0, 0.1) is 23.7 Å². The van der Waals surface area contributed by atoms with E-state index in [9.17, 15) is 19.2 Å². The highest BCUT2D eigenvalue weighted by Crippen LogP contribution is 2.15. The Morgan fingerprint density at radius 2 is 0.926 bits per heavy atom. The molecular formula is C20H34O7. The fourth-order valence-electron chi connectivity index (χ4n) is 2.37. The molecule has 0 heterocycles. The summed E-state index contributed by atoms with van der Waals surface area (Å²) in [6, 6.07) is 0. The van der Waals surface area contributed by atoms with Crippen LogP contribution in [0.5, 0.6) is 0 Å². The minimum Gasteiger partial charge on any atom is -0.463 e. The van der Waals surface area contributed by atoms with Crippen LogP contribution in [0.15, 0.2) is 0 Å². The van der Waals surface area contributed by atoms with Crippen LogP contribution in [-0.2, 0) is 33.4 Å². The maximum atomic E-state index is 11.8. The van der Waals surface area contributed by atoms with Gasteiger partial charge in [0.05, 0.1) is 25.0 Å². The predicted octanol–water partition coefficient (Wildman–Crippen LogP) is 2.59. The molecule has 0 aliphatic carbocycles. The van der Waals surface area contributed by atoms with E-state index in [0.29, 0.717) is 12.8 Å². The van der Waals surface area contributed by atoms with Crippen LogP contribution in [0.2, 0.25) is 0 Å². The molecule has 0 saturated heterocycles. The van der Waals surface area contributed by atoms with E-state index in [4.69, 9.17) is 14.2 Å². The summed E-state index contributed by atoms with van der Waals surface area (Å²) in [6.45, 7) is 10.7. The van der Waals surface area contributed by atoms with Gasteiger partial charge in [-0.3, -0.25) is 19.2 Å². The van der Waals surface area contributed by atoms with E-state index in [1.54, 1.807) is 27.7 Å². The SMILES string of the molecule is CC(=O)C(C)CC(C)C(=O)OCCOCCOC(=O)C(C)CC(C)C(C)=O. The van der Waals surface area contributed by atoms with Gasteiger partial charge in [0.15, 0.2) is 0 Å². The zero-order valence-electron chi connectivity index (χ0n) is 17.4. The molecule has 4 atom stereocenters. The van der Waals surface area contributed by atoms with Gasteiger partial charge in [-0.15, -0.1) is 0 Å². The second-order valence-corrected chi connectivity index (χ2v) is 7.24. The average molecular weight is 386 g/mol. The predicted molar refractivity (Wildman–Crippen MR) is 100.0 cm³/mol. The summed E-state index contributed by atoms with van der Waals surface area (Å²) in [5, 5.41) is 0. The van der Waals surface area contributed by atoms with E-state index in [1.165, 1.54) is 13.8 Å². The lowest BCUT2D eigenvalue weighted by atomic mass is 9.95. The van der Waals surface area contributed by atoms with Gasteiger partial charge in [0.25, 0.3) is 0 Å². The molecule has 0 aromatic carbocycles. The molecule has 0 aromatic rings. The maximum Gasteiger partial charge on any atom is 0.308 e. The van der Waals surface area contributed by atoms with Crippen molar-refractivity contribution in [3.63, 3.8) is 0 Å². The molecule has 0 bridgehead atoms. The number of ether oxygens (including phenoxy) is 3. The number of Topliss-reactive ketones (excluding diaryl/α,β-unsaturated/α-hetero) is 2. The Hall–Kier alpha value is -1.76. The Bertz CT molecular complexity index is 457. The summed E-state index contributed by atoms with van der Waals surface area (Å²) in [4.78, 5) is 46.0. The maximum absolute atomic E-state index is 11.8. The molecule has 7 heteroatoms. The van der Waals surface area contributed by atoms with Gasteiger partial charge in [-0.05, 0) is 26.7 Å². The largest absolute Gasteiger partial charge is 0.463 e. The molecule has 0 spiro atoms. The zero-order valence-corrected chi connectivity index (χ0v) is 17.4. The number of esters is 2. The van der Waals surface area contributed by atoms with Gasteiger partial charge in [-0.1, -0.05) is 27.7 Å². The van der Waals surface area contributed by atoms with Crippen molar-refractivity contribution in [2.45, 2.75) is 54.4 Å². The standard InChI is InChI=1S/C20H34O7/c1-13(17(5)21)11-15(3)19(23)26-9-7-25-8-10-27-20(24)16(4)12-14(2)18(6)22/h13-16H,7-12H2,1-6H3. The lowest BCUT2D eigenvalue weighted by molar-refractivity contribution is -0.151. The van der Waals surface area contributed by atoms with Crippen LogP contribution >= 0.6 is 0 Å². The van der Waals surface area contributed by atoms with Crippen molar-refractivity contribution in [1.82, 2.24) is 0 Å². The Morgan fingerprint density at radius 3 is 1.22 bits per heavy atom. The third kappa shape index (κ3) is 11.5. The molecule has 0 rings (SSSR count). The summed E-state index contributed by atoms with van der Waals surface area (Å²) in [5.74, 6) is -1.63. The molecule has 0 fully saturated rings. The van der Waals surface area contributed by atoms with Crippen LogP contribution in [0.1, 0.15) is 54.4 Å². The number of carbonyl (C=O) groups excluding carboxylic acids is 4. The van der Waals surface area contributed by atoms with Crippen LogP contribution in [0.25, 0.3) is 0 Å². The Labute approximate surface area is 162 Å². The summed E-state index contributed by atoms with van der Waals surface area (Å²) in [7, 11) is 0. The highest BCUT2D eigenvalue weighted by Gasteiger charge is 2.21. The smallest absolute Gasteiger partial charge is 0.308 e. The molecule has 4 unspecified atom stereocenters. The second kappa shape index (κ2) is 13.4. The Morgan fingerprint density at radius 1 is 0.593 bits per heavy atom. The summed E-state index contributed by atoms with van der Waals surface area (Å²) in [5.41, 5.74) is 0. The van der Waals surface area contributed by atoms with Crippen molar-refractivity contribution in [3.8, 4) is 0 Å². The van der Waals surface area contributed by atoms with Crippen LogP contribution in [0.4, 0.5) is 0 Å². The minimum atomic E-state index is -0.355. The summed E-state index contributed by atoms with van der Waals surface area (Å²) in [6.07, 6.45) is 0.927. The van der Waals surface area contributed by atoms with Gasteiger partial charge in [0.1, 0.15) is 24.8 Å². The fourth-order valence-corrected chi connectivity index (χ4v) is 2.37. The van der Waals surface area contributed by atoms with Crippen LogP contribution in [0.3, 0.4) is 0 Å². The number of carbonyl (C=O) groups is 4. The van der Waals surface area contributed by atoms with E-state index in [0.717, 1.165) is 0 Å². The lowest BCUT2D eigenvalue weighted by Crippen LogP contribution is -2.23. The lowest BCUT2D eigenvalue weighted by Gasteiger charge is -2.15. The van der Waals surface area contributed by atoms with Gasteiger partial charge >= 0.3 is 11.9 Å². The van der Waals surface area contributed by atoms with Crippen molar-refractivity contribution >= 4 is 23.5 Å². The minimum absolute atomic E-state index is 0.0533. The van der Waals surface area contributed by atoms with Crippen LogP contribution < -0.4 is 0 Å². The van der Waals surface area contributed by atoms with E-state index in [1.807, 2.05) is 0 Å². The molecule has 0 saturated carbocycles. The van der Waals surface area contributed by atoms with Crippen molar-refractivity contribution < 1.29 is 33.4 Å². The van der Waals surface area contributed by atoms with Crippen molar-refractivity contribution in [2.75, 3.05) is 26.4 Å². The van der Waals surface area contributed by atoms with E-state index < -0.39 is 0 Å². The van der Waals surface area contributed by atoms with Gasteiger partial charge in [-0.2, -0.15) is 0 Å². The first kappa shape index (κ1) is 25.2. The molecule has 0 aliphatic heterocycles. The monoisotopic (exact) mass is 386 g/mol. The molecule has 0 amide bonds. The van der Waals surface area contributed by atoms with Crippen LogP contribution in [-0.4, -0.2) is 49.9 Å². The molecule has 7 nitrogen and oxygen atoms in total. The van der Waals surface area contributed by atoms with Crippen molar-refractivity contribution in [2.24, 2.45) is 23.7 Å². The first-order chi connectivity index (χ1) is 12.6. The summed E-state index contributed by atoms with van der Waals surface area (Å²) < 4.78 is 15.5. The number of ketones is 2. The zero-order chi connectivity index (χ0) is 21.0. The van der Waals surface area contributed by atoms with Gasteiger partial charge < -0.3 is 14.2 Å². The molecule has 0 aromatic heterocycles. The Balaban J connectivity index is 3.80. The molecule has 0 N–H and O–H groups in total. The second-order valence-electron chi connectivity index (χ2n) is 7.24. The summed E-state index contributed by atoms with van der Waals surface area (Å²) >= 11 is 0. The molecule has 27 heavy (non-hydrogen) atoms. The van der Waals surface area contributed by atoms with E-state index in [-0.39, 0.29) is 73.6 Å².